The van der Waals surface area contributed by atoms with Gasteiger partial charge < -0.3 is 0 Å². The van der Waals surface area contributed by atoms with Crippen molar-refractivity contribution in [1.82, 2.24) is 15.0 Å². The zero-order valence-corrected chi connectivity index (χ0v) is 10.4. The number of nitrogens with zero attached hydrogens (tertiary/aromatic N) is 3. The molecule has 1 aromatic heterocycles. The van der Waals surface area contributed by atoms with Crippen LogP contribution in [0.15, 0.2) is 6.20 Å². The molecule has 3 heteroatoms. The van der Waals surface area contributed by atoms with Gasteiger partial charge in [-0.25, -0.2) is 4.68 Å². The molecule has 0 radical (unpaired) electrons. The lowest BCUT2D eigenvalue weighted by Gasteiger charge is -2.11. The molecule has 1 rings (SSSR count). The first-order valence-corrected chi connectivity index (χ1v) is 6.18. The topological polar surface area (TPSA) is 30.7 Å². The molecule has 0 saturated carbocycles. The fraction of sp³-hybridized carbons (Fsp3) is 0.833. The van der Waals surface area contributed by atoms with Crippen molar-refractivity contribution >= 4 is 0 Å². The quantitative estimate of drug-likeness (QED) is 0.717. The van der Waals surface area contributed by atoms with Crippen LogP contribution in [0.1, 0.15) is 71.0 Å². The molecule has 0 bridgehead atoms. The van der Waals surface area contributed by atoms with E-state index in [1.807, 2.05) is 4.68 Å². The predicted molar refractivity (Wildman–Crippen MR) is 63.0 cm³/mol. The molecule has 0 atom stereocenters. The second-order valence-corrected chi connectivity index (χ2v) is 4.11. The molecule has 0 unspecified atom stereocenters. The van der Waals surface area contributed by atoms with E-state index in [0.29, 0.717) is 12.0 Å². The average Bonchev–Trinajstić information content (AvgIpc) is 2.71. The molecule has 86 valence electrons. The fourth-order valence-electron chi connectivity index (χ4n) is 2.03. The molecule has 1 aromatic rings. The van der Waals surface area contributed by atoms with E-state index < -0.39 is 0 Å². The number of aromatic nitrogens is 3. The van der Waals surface area contributed by atoms with E-state index in [-0.39, 0.29) is 0 Å². The summed E-state index contributed by atoms with van der Waals surface area (Å²) in [4.78, 5) is 0. The van der Waals surface area contributed by atoms with Crippen LogP contribution >= 0.6 is 0 Å². The van der Waals surface area contributed by atoms with Gasteiger partial charge in [-0.15, -0.1) is 5.10 Å². The molecular weight excluding hydrogens is 186 g/mol. The van der Waals surface area contributed by atoms with Crippen molar-refractivity contribution in [3.63, 3.8) is 0 Å². The van der Waals surface area contributed by atoms with Gasteiger partial charge in [-0.2, -0.15) is 0 Å². The van der Waals surface area contributed by atoms with E-state index in [4.69, 9.17) is 0 Å². The Morgan fingerprint density at radius 2 is 1.67 bits per heavy atom. The van der Waals surface area contributed by atoms with Crippen LogP contribution in [0.2, 0.25) is 0 Å². The summed E-state index contributed by atoms with van der Waals surface area (Å²) in [5.41, 5.74) is 1.16. The molecule has 3 nitrogen and oxygen atoms in total. The van der Waals surface area contributed by atoms with Gasteiger partial charge in [0.25, 0.3) is 0 Å². The van der Waals surface area contributed by atoms with Crippen molar-refractivity contribution in [2.75, 3.05) is 0 Å². The monoisotopic (exact) mass is 209 g/mol. The molecule has 15 heavy (non-hydrogen) atoms. The third kappa shape index (κ3) is 2.80. The van der Waals surface area contributed by atoms with Crippen LogP contribution in [0.4, 0.5) is 0 Å². The molecule has 0 N–H and O–H groups in total. The lowest BCUT2D eigenvalue weighted by Crippen LogP contribution is -2.07. The SMILES string of the molecule is CCC(CC)c1cn(C(CC)CC)nn1. The van der Waals surface area contributed by atoms with E-state index in [9.17, 15) is 0 Å². The van der Waals surface area contributed by atoms with Gasteiger partial charge in [0.05, 0.1) is 11.7 Å². The summed E-state index contributed by atoms with van der Waals surface area (Å²) in [6.45, 7) is 8.83. The highest BCUT2D eigenvalue weighted by Gasteiger charge is 2.14. The van der Waals surface area contributed by atoms with Crippen LogP contribution in [0.3, 0.4) is 0 Å². The fourth-order valence-corrected chi connectivity index (χ4v) is 2.03. The summed E-state index contributed by atoms with van der Waals surface area (Å²) >= 11 is 0. The molecule has 0 saturated heterocycles. The largest absolute Gasteiger partial charge is 0.249 e. The van der Waals surface area contributed by atoms with Crippen molar-refractivity contribution in [1.29, 1.82) is 0 Å². The Morgan fingerprint density at radius 3 is 2.13 bits per heavy atom. The minimum atomic E-state index is 0.514. The van der Waals surface area contributed by atoms with E-state index in [1.165, 1.54) is 0 Å². The minimum Gasteiger partial charge on any atom is -0.249 e. The zero-order chi connectivity index (χ0) is 11.3. The van der Waals surface area contributed by atoms with Crippen LogP contribution in [0, 0.1) is 0 Å². The maximum absolute atomic E-state index is 4.29. The molecule has 1 heterocycles. The molecule has 0 fully saturated rings. The van der Waals surface area contributed by atoms with Crippen LogP contribution < -0.4 is 0 Å². The predicted octanol–water partition coefficient (Wildman–Crippen LogP) is 3.54. The Kier molecular flexibility index (Phi) is 4.79. The summed E-state index contributed by atoms with van der Waals surface area (Å²) in [5.74, 6) is 0.577. The van der Waals surface area contributed by atoms with Crippen LogP contribution in [-0.4, -0.2) is 15.0 Å². The van der Waals surface area contributed by atoms with Crippen LogP contribution in [0.5, 0.6) is 0 Å². The molecule has 0 amide bonds. The summed E-state index contributed by atoms with van der Waals surface area (Å²) in [7, 11) is 0. The maximum atomic E-state index is 4.29. The minimum absolute atomic E-state index is 0.514. The van der Waals surface area contributed by atoms with Crippen LogP contribution in [-0.2, 0) is 0 Å². The molecule has 0 aliphatic heterocycles. The van der Waals surface area contributed by atoms with Gasteiger partial charge in [0.15, 0.2) is 0 Å². The lowest BCUT2D eigenvalue weighted by molar-refractivity contribution is 0.418. The summed E-state index contributed by atoms with van der Waals surface area (Å²) in [6, 6.07) is 0.514. The highest BCUT2D eigenvalue weighted by molar-refractivity contribution is 5.01. The van der Waals surface area contributed by atoms with Crippen molar-refractivity contribution < 1.29 is 0 Å². The number of rotatable bonds is 6. The van der Waals surface area contributed by atoms with E-state index >= 15 is 0 Å². The van der Waals surface area contributed by atoms with Gasteiger partial charge in [0.2, 0.25) is 0 Å². The normalized spacial score (nSPS) is 11.6. The third-order valence-corrected chi connectivity index (χ3v) is 3.25. The second-order valence-electron chi connectivity index (χ2n) is 4.11. The van der Waals surface area contributed by atoms with Crippen molar-refractivity contribution in [3.05, 3.63) is 11.9 Å². The summed E-state index contributed by atoms with van der Waals surface area (Å²) in [6.07, 6.45) is 6.69. The zero-order valence-electron chi connectivity index (χ0n) is 10.4. The van der Waals surface area contributed by atoms with Crippen LogP contribution in [0.25, 0.3) is 0 Å². The molecule has 0 aliphatic rings. The van der Waals surface area contributed by atoms with Crippen molar-refractivity contribution in [3.8, 4) is 0 Å². The summed E-state index contributed by atoms with van der Waals surface area (Å²) < 4.78 is 2.04. The Labute approximate surface area is 92.9 Å². The van der Waals surface area contributed by atoms with Crippen molar-refractivity contribution in [2.45, 2.75) is 65.3 Å². The van der Waals surface area contributed by atoms with Crippen molar-refractivity contribution in [2.24, 2.45) is 0 Å². The van der Waals surface area contributed by atoms with Gasteiger partial charge in [-0.3, -0.25) is 0 Å². The Bertz CT molecular complexity index is 246. The lowest BCUT2D eigenvalue weighted by atomic mass is 10.0. The van der Waals surface area contributed by atoms with Gasteiger partial charge in [0.1, 0.15) is 0 Å². The molecular formula is C12H23N3. The van der Waals surface area contributed by atoms with Gasteiger partial charge in [-0.05, 0) is 25.7 Å². The first-order valence-electron chi connectivity index (χ1n) is 6.18. The molecule has 0 aliphatic carbocycles. The smallest absolute Gasteiger partial charge is 0.0857 e. The van der Waals surface area contributed by atoms with Gasteiger partial charge >= 0.3 is 0 Å². The standard InChI is InChI=1S/C12H23N3/c1-5-10(6-2)12-9-15(14-13-12)11(7-3)8-4/h9-11H,5-8H2,1-4H3. The third-order valence-electron chi connectivity index (χ3n) is 3.25. The van der Waals surface area contributed by atoms with E-state index in [0.717, 1.165) is 31.4 Å². The first-order chi connectivity index (χ1) is 7.26. The highest BCUT2D eigenvalue weighted by Crippen LogP contribution is 2.22. The molecule has 0 spiro atoms. The van der Waals surface area contributed by atoms with E-state index in [1.54, 1.807) is 0 Å². The number of hydrogen-bond donors (Lipinski definition) is 0. The van der Waals surface area contributed by atoms with Gasteiger partial charge in [-0.1, -0.05) is 32.9 Å². The highest BCUT2D eigenvalue weighted by atomic mass is 15.4. The van der Waals surface area contributed by atoms with E-state index in [2.05, 4.69) is 44.2 Å². The Morgan fingerprint density at radius 1 is 1.07 bits per heavy atom. The molecule has 0 aromatic carbocycles. The number of hydrogen-bond acceptors (Lipinski definition) is 2. The average molecular weight is 209 g/mol. The summed E-state index contributed by atoms with van der Waals surface area (Å²) in [5, 5.41) is 8.53. The first kappa shape index (κ1) is 12.2. The second kappa shape index (κ2) is 5.89. The maximum Gasteiger partial charge on any atom is 0.0857 e. The Hall–Kier alpha value is -0.860. The Balaban J connectivity index is 2.78. The van der Waals surface area contributed by atoms with Gasteiger partial charge in [0, 0.05) is 12.1 Å².